The number of nitrogens with one attached hydrogen (secondary N) is 2. The maximum atomic E-state index is 13.1. The van der Waals surface area contributed by atoms with E-state index in [0.29, 0.717) is 47.0 Å². The zero-order chi connectivity index (χ0) is 24.8. The van der Waals surface area contributed by atoms with Crippen molar-refractivity contribution < 1.29 is 19.4 Å². The first kappa shape index (κ1) is 24.6. The molecule has 1 heterocycles. The lowest BCUT2D eigenvalue weighted by atomic mass is 9.95. The van der Waals surface area contributed by atoms with Crippen molar-refractivity contribution in [2.45, 2.75) is 50.8 Å². The Hall–Kier alpha value is -3.49. The SMILES string of the molecule is CC(O)c1ccc(Oc2ccc(CNC(=O)C3(NC(=O)c4cncnc4)CCCC3)cc2)c(Cl)c1. The number of carbonyl (C=O) groups excluding carboxylic acids is 2. The second kappa shape index (κ2) is 10.8. The van der Waals surface area contributed by atoms with Crippen LogP contribution in [-0.2, 0) is 11.3 Å². The second-order valence-corrected chi connectivity index (χ2v) is 9.07. The van der Waals surface area contributed by atoms with Crippen molar-refractivity contribution in [2.24, 2.45) is 0 Å². The molecule has 0 spiro atoms. The van der Waals surface area contributed by atoms with Gasteiger partial charge in [-0.3, -0.25) is 9.59 Å². The summed E-state index contributed by atoms with van der Waals surface area (Å²) in [4.78, 5) is 33.5. The van der Waals surface area contributed by atoms with Crippen molar-refractivity contribution in [3.05, 3.63) is 82.9 Å². The van der Waals surface area contributed by atoms with E-state index in [9.17, 15) is 14.7 Å². The number of benzene rings is 2. The molecule has 1 fully saturated rings. The van der Waals surface area contributed by atoms with Crippen LogP contribution in [-0.4, -0.2) is 32.4 Å². The Bertz CT molecular complexity index is 1180. The van der Waals surface area contributed by atoms with E-state index in [-0.39, 0.29) is 11.8 Å². The summed E-state index contributed by atoms with van der Waals surface area (Å²) in [6.45, 7) is 1.99. The Kier molecular flexibility index (Phi) is 7.63. The number of aromatic nitrogens is 2. The molecule has 1 saturated carbocycles. The molecule has 35 heavy (non-hydrogen) atoms. The van der Waals surface area contributed by atoms with Gasteiger partial charge < -0.3 is 20.5 Å². The lowest BCUT2D eigenvalue weighted by molar-refractivity contribution is -0.127. The molecular weight excluding hydrogens is 468 g/mol. The van der Waals surface area contributed by atoms with Crippen molar-refractivity contribution in [2.75, 3.05) is 0 Å². The molecule has 9 heteroatoms. The fourth-order valence-electron chi connectivity index (χ4n) is 4.11. The van der Waals surface area contributed by atoms with Crippen molar-refractivity contribution in [1.82, 2.24) is 20.6 Å². The highest BCUT2D eigenvalue weighted by Gasteiger charge is 2.42. The van der Waals surface area contributed by atoms with E-state index in [0.717, 1.165) is 18.4 Å². The summed E-state index contributed by atoms with van der Waals surface area (Å²) in [5.74, 6) is 0.519. The van der Waals surface area contributed by atoms with Gasteiger partial charge in [0, 0.05) is 18.9 Å². The maximum absolute atomic E-state index is 13.1. The Morgan fingerprint density at radius 2 is 1.80 bits per heavy atom. The zero-order valence-electron chi connectivity index (χ0n) is 19.3. The van der Waals surface area contributed by atoms with Crippen molar-refractivity contribution in [3.63, 3.8) is 0 Å². The predicted molar refractivity (Wildman–Crippen MR) is 131 cm³/mol. The molecule has 1 aliphatic rings. The fraction of sp³-hybridized carbons (Fsp3) is 0.308. The van der Waals surface area contributed by atoms with Crippen molar-refractivity contribution >= 4 is 23.4 Å². The third kappa shape index (κ3) is 5.96. The first-order valence-electron chi connectivity index (χ1n) is 11.5. The van der Waals surface area contributed by atoms with Crippen LogP contribution >= 0.6 is 11.6 Å². The molecule has 0 radical (unpaired) electrons. The topological polar surface area (TPSA) is 113 Å². The van der Waals surface area contributed by atoms with E-state index in [1.807, 2.05) is 12.1 Å². The molecule has 4 rings (SSSR count). The van der Waals surface area contributed by atoms with E-state index < -0.39 is 11.6 Å². The normalized spacial score (nSPS) is 15.3. The van der Waals surface area contributed by atoms with Crippen LogP contribution in [0.5, 0.6) is 11.5 Å². The van der Waals surface area contributed by atoms with Gasteiger partial charge in [0.15, 0.2) is 0 Å². The number of halogens is 1. The summed E-state index contributed by atoms with van der Waals surface area (Å²) in [6, 6.07) is 12.5. The van der Waals surface area contributed by atoms with Gasteiger partial charge in [0.05, 0.1) is 16.7 Å². The lowest BCUT2D eigenvalue weighted by Crippen LogP contribution is -2.57. The van der Waals surface area contributed by atoms with Gasteiger partial charge >= 0.3 is 0 Å². The Balaban J connectivity index is 1.36. The summed E-state index contributed by atoms with van der Waals surface area (Å²) in [6.07, 6.45) is 6.51. The Morgan fingerprint density at radius 3 is 2.43 bits per heavy atom. The molecule has 0 aliphatic heterocycles. The first-order chi connectivity index (χ1) is 16.9. The van der Waals surface area contributed by atoms with Crippen LogP contribution in [0, 0.1) is 0 Å². The van der Waals surface area contributed by atoms with Gasteiger partial charge in [0.25, 0.3) is 5.91 Å². The van der Waals surface area contributed by atoms with Gasteiger partial charge in [-0.2, -0.15) is 0 Å². The van der Waals surface area contributed by atoms with Crippen LogP contribution in [0.15, 0.2) is 61.2 Å². The molecule has 182 valence electrons. The minimum Gasteiger partial charge on any atom is -0.456 e. The third-order valence-electron chi connectivity index (χ3n) is 6.11. The largest absolute Gasteiger partial charge is 0.456 e. The van der Waals surface area contributed by atoms with Crippen molar-refractivity contribution in [3.8, 4) is 11.5 Å². The molecule has 2 aromatic carbocycles. The molecule has 1 aromatic heterocycles. The molecule has 3 N–H and O–H groups in total. The molecular formula is C26H27ClN4O4. The van der Waals surface area contributed by atoms with E-state index in [4.69, 9.17) is 16.3 Å². The molecule has 1 unspecified atom stereocenters. The number of rotatable bonds is 8. The number of hydrogen-bond acceptors (Lipinski definition) is 6. The zero-order valence-corrected chi connectivity index (χ0v) is 20.1. The minimum atomic E-state index is -0.940. The fourth-order valence-corrected chi connectivity index (χ4v) is 4.33. The third-order valence-corrected chi connectivity index (χ3v) is 6.41. The van der Waals surface area contributed by atoms with Crippen molar-refractivity contribution in [1.29, 1.82) is 0 Å². The lowest BCUT2D eigenvalue weighted by Gasteiger charge is -2.29. The number of amides is 2. The first-order valence-corrected chi connectivity index (χ1v) is 11.8. The van der Waals surface area contributed by atoms with Gasteiger partial charge in [-0.15, -0.1) is 0 Å². The van der Waals surface area contributed by atoms with Gasteiger partial charge in [-0.25, -0.2) is 9.97 Å². The Morgan fingerprint density at radius 1 is 1.11 bits per heavy atom. The standard InChI is InChI=1S/C26H27ClN4O4/c1-17(32)19-6-9-23(22(27)12-19)35-21-7-4-18(5-8-21)13-30-25(34)26(10-2-3-11-26)31-24(33)20-14-28-16-29-15-20/h4-9,12,14-17,32H,2-3,10-11,13H2,1H3,(H,30,34)(H,31,33). The van der Waals surface area contributed by atoms with Gasteiger partial charge in [0.1, 0.15) is 23.4 Å². The average Bonchev–Trinajstić information content (AvgIpc) is 3.34. The highest BCUT2D eigenvalue weighted by atomic mass is 35.5. The number of nitrogens with zero attached hydrogens (tertiary/aromatic N) is 2. The minimum absolute atomic E-state index is 0.203. The molecule has 1 atom stereocenters. The molecule has 2 amide bonds. The van der Waals surface area contributed by atoms with Crippen LogP contribution in [0.2, 0.25) is 5.02 Å². The molecule has 8 nitrogen and oxygen atoms in total. The predicted octanol–water partition coefficient (Wildman–Crippen LogP) is 4.33. The quantitative estimate of drug-likeness (QED) is 0.429. The number of aliphatic hydroxyl groups is 1. The number of ether oxygens (including phenoxy) is 1. The van der Waals surface area contributed by atoms with Gasteiger partial charge in [0.2, 0.25) is 5.91 Å². The van der Waals surface area contributed by atoms with Crippen LogP contribution in [0.3, 0.4) is 0 Å². The number of aliphatic hydroxyl groups excluding tert-OH is 1. The number of carbonyl (C=O) groups is 2. The summed E-state index contributed by atoms with van der Waals surface area (Å²) >= 11 is 6.27. The Labute approximate surface area is 208 Å². The van der Waals surface area contributed by atoms with Crippen LogP contribution in [0.1, 0.15) is 60.2 Å². The summed E-state index contributed by atoms with van der Waals surface area (Å²) < 4.78 is 5.85. The summed E-state index contributed by atoms with van der Waals surface area (Å²) in [5.41, 5.74) is 0.979. The molecule has 0 bridgehead atoms. The second-order valence-electron chi connectivity index (χ2n) is 8.67. The molecule has 0 saturated heterocycles. The van der Waals surface area contributed by atoms with E-state index in [1.54, 1.807) is 37.3 Å². The van der Waals surface area contributed by atoms with E-state index in [1.165, 1.54) is 18.7 Å². The highest BCUT2D eigenvalue weighted by molar-refractivity contribution is 6.32. The number of hydrogen-bond donors (Lipinski definition) is 3. The van der Waals surface area contributed by atoms with Crippen LogP contribution in [0.25, 0.3) is 0 Å². The molecule has 1 aliphatic carbocycles. The van der Waals surface area contributed by atoms with Crippen LogP contribution < -0.4 is 15.4 Å². The highest BCUT2D eigenvalue weighted by Crippen LogP contribution is 2.32. The maximum Gasteiger partial charge on any atom is 0.255 e. The smallest absolute Gasteiger partial charge is 0.255 e. The summed E-state index contributed by atoms with van der Waals surface area (Å²) in [5, 5.41) is 16.0. The van der Waals surface area contributed by atoms with Gasteiger partial charge in [-0.1, -0.05) is 42.6 Å². The van der Waals surface area contributed by atoms with E-state index >= 15 is 0 Å². The summed E-state index contributed by atoms with van der Waals surface area (Å²) in [7, 11) is 0. The average molecular weight is 495 g/mol. The van der Waals surface area contributed by atoms with Gasteiger partial charge in [-0.05, 0) is 55.2 Å². The van der Waals surface area contributed by atoms with Crippen LogP contribution in [0.4, 0.5) is 0 Å². The molecule has 3 aromatic rings. The van der Waals surface area contributed by atoms with E-state index in [2.05, 4.69) is 20.6 Å². The monoisotopic (exact) mass is 494 g/mol.